The SMILES string of the molecule is NC1CCC(Nc2ccc3cn[nH]c3c2)CC1. The van der Waals surface area contributed by atoms with E-state index < -0.39 is 0 Å². The van der Waals surface area contributed by atoms with Crippen LogP contribution in [0.5, 0.6) is 0 Å². The largest absolute Gasteiger partial charge is 0.382 e. The van der Waals surface area contributed by atoms with Crippen LogP contribution in [0.3, 0.4) is 0 Å². The van der Waals surface area contributed by atoms with Gasteiger partial charge < -0.3 is 11.1 Å². The lowest BCUT2D eigenvalue weighted by Gasteiger charge is -2.27. The van der Waals surface area contributed by atoms with E-state index in [2.05, 4.69) is 33.7 Å². The van der Waals surface area contributed by atoms with Gasteiger partial charge in [0.05, 0.1) is 11.7 Å². The van der Waals surface area contributed by atoms with Crippen molar-refractivity contribution >= 4 is 16.6 Å². The number of nitrogens with two attached hydrogens (primary N) is 1. The number of aromatic amines is 1. The number of hydrogen-bond donors (Lipinski definition) is 3. The van der Waals surface area contributed by atoms with Crippen LogP contribution in [0, 0.1) is 0 Å². The smallest absolute Gasteiger partial charge is 0.0670 e. The molecule has 0 bridgehead atoms. The van der Waals surface area contributed by atoms with Crippen LogP contribution in [0.25, 0.3) is 10.9 Å². The molecule has 0 aliphatic heterocycles. The summed E-state index contributed by atoms with van der Waals surface area (Å²) in [7, 11) is 0. The van der Waals surface area contributed by atoms with Crippen molar-refractivity contribution in [1.29, 1.82) is 0 Å². The molecule has 0 radical (unpaired) electrons. The van der Waals surface area contributed by atoms with Gasteiger partial charge in [0.1, 0.15) is 0 Å². The Hall–Kier alpha value is -1.55. The summed E-state index contributed by atoms with van der Waals surface area (Å²) in [6.45, 7) is 0. The summed E-state index contributed by atoms with van der Waals surface area (Å²) in [5.41, 5.74) is 8.16. The molecule has 0 spiro atoms. The van der Waals surface area contributed by atoms with Gasteiger partial charge in [-0.05, 0) is 43.9 Å². The first-order valence-corrected chi connectivity index (χ1v) is 6.26. The summed E-state index contributed by atoms with van der Waals surface area (Å²) in [6.07, 6.45) is 6.44. The van der Waals surface area contributed by atoms with Crippen molar-refractivity contribution in [2.24, 2.45) is 5.73 Å². The van der Waals surface area contributed by atoms with Gasteiger partial charge in [-0.2, -0.15) is 5.10 Å². The van der Waals surface area contributed by atoms with Crippen LogP contribution in [-0.2, 0) is 0 Å². The van der Waals surface area contributed by atoms with E-state index in [4.69, 9.17) is 5.73 Å². The van der Waals surface area contributed by atoms with Gasteiger partial charge in [-0.25, -0.2) is 0 Å². The van der Waals surface area contributed by atoms with Gasteiger partial charge >= 0.3 is 0 Å². The van der Waals surface area contributed by atoms with Gasteiger partial charge in [-0.1, -0.05) is 0 Å². The second kappa shape index (κ2) is 4.37. The highest BCUT2D eigenvalue weighted by Crippen LogP contribution is 2.23. The molecule has 4 N–H and O–H groups in total. The number of benzene rings is 1. The highest BCUT2D eigenvalue weighted by atomic mass is 15.1. The van der Waals surface area contributed by atoms with Gasteiger partial charge in [0.25, 0.3) is 0 Å². The van der Waals surface area contributed by atoms with Gasteiger partial charge in [0.2, 0.25) is 0 Å². The number of hydrogen-bond acceptors (Lipinski definition) is 3. The summed E-state index contributed by atoms with van der Waals surface area (Å²) in [5.74, 6) is 0. The monoisotopic (exact) mass is 230 g/mol. The third kappa shape index (κ3) is 2.26. The maximum absolute atomic E-state index is 5.91. The maximum atomic E-state index is 5.91. The van der Waals surface area contributed by atoms with Crippen LogP contribution in [0.2, 0.25) is 0 Å². The lowest BCUT2D eigenvalue weighted by atomic mass is 9.91. The second-order valence-electron chi connectivity index (χ2n) is 4.93. The Balaban J connectivity index is 1.71. The topological polar surface area (TPSA) is 66.7 Å². The fourth-order valence-corrected chi connectivity index (χ4v) is 2.53. The molecule has 17 heavy (non-hydrogen) atoms. The molecule has 1 aromatic carbocycles. The molecule has 0 saturated heterocycles. The molecular weight excluding hydrogens is 212 g/mol. The quantitative estimate of drug-likeness (QED) is 0.741. The number of fused-ring (bicyclic) bond motifs is 1. The third-order valence-corrected chi connectivity index (χ3v) is 3.58. The maximum Gasteiger partial charge on any atom is 0.0670 e. The minimum atomic E-state index is 0.406. The van der Waals surface area contributed by atoms with Crippen molar-refractivity contribution in [3.63, 3.8) is 0 Å². The minimum absolute atomic E-state index is 0.406. The molecule has 4 nitrogen and oxygen atoms in total. The van der Waals surface area contributed by atoms with Gasteiger partial charge in [-0.15, -0.1) is 0 Å². The second-order valence-corrected chi connectivity index (χ2v) is 4.93. The van der Waals surface area contributed by atoms with Crippen LogP contribution in [0.4, 0.5) is 5.69 Å². The molecule has 1 aromatic heterocycles. The van der Waals surface area contributed by atoms with Gasteiger partial charge in [0, 0.05) is 23.2 Å². The average molecular weight is 230 g/mol. The third-order valence-electron chi connectivity index (χ3n) is 3.58. The summed E-state index contributed by atoms with van der Waals surface area (Å²) in [6, 6.07) is 7.30. The number of nitrogens with one attached hydrogen (secondary N) is 2. The number of anilines is 1. The van der Waals surface area contributed by atoms with E-state index in [1.807, 2.05) is 6.20 Å². The van der Waals surface area contributed by atoms with E-state index in [-0.39, 0.29) is 0 Å². The molecule has 1 heterocycles. The van der Waals surface area contributed by atoms with Crippen molar-refractivity contribution in [2.45, 2.75) is 37.8 Å². The van der Waals surface area contributed by atoms with E-state index >= 15 is 0 Å². The summed E-state index contributed by atoms with van der Waals surface area (Å²) >= 11 is 0. The first-order chi connectivity index (χ1) is 8.31. The zero-order valence-electron chi connectivity index (χ0n) is 9.82. The van der Waals surface area contributed by atoms with Gasteiger partial charge in [0.15, 0.2) is 0 Å². The number of nitrogens with zero attached hydrogens (tertiary/aromatic N) is 1. The first kappa shape index (κ1) is 10.6. The molecule has 0 atom stereocenters. The average Bonchev–Trinajstić information content (AvgIpc) is 2.79. The Labute approximate surface area is 101 Å². The molecule has 2 aromatic rings. The van der Waals surface area contributed by atoms with Crippen molar-refractivity contribution < 1.29 is 0 Å². The van der Waals surface area contributed by atoms with Crippen LogP contribution >= 0.6 is 0 Å². The summed E-state index contributed by atoms with van der Waals surface area (Å²) in [4.78, 5) is 0. The highest BCUT2D eigenvalue weighted by molar-refractivity contribution is 5.81. The van der Waals surface area contributed by atoms with Crippen LogP contribution in [0.15, 0.2) is 24.4 Å². The zero-order chi connectivity index (χ0) is 11.7. The lowest BCUT2D eigenvalue weighted by Crippen LogP contribution is -2.32. The number of H-pyrrole nitrogens is 1. The van der Waals surface area contributed by atoms with E-state index in [0.29, 0.717) is 12.1 Å². The first-order valence-electron chi connectivity index (χ1n) is 6.26. The number of rotatable bonds is 2. The van der Waals surface area contributed by atoms with Crippen molar-refractivity contribution in [2.75, 3.05) is 5.32 Å². The van der Waals surface area contributed by atoms with Crippen molar-refractivity contribution in [3.05, 3.63) is 24.4 Å². The molecule has 1 aliphatic rings. The van der Waals surface area contributed by atoms with Gasteiger partial charge in [-0.3, -0.25) is 5.10 Å². The Bertz CT molecular complexity index is 497. The summed E-state index contributed by atoms with van der Waals surface area (Å²) in [5, 5.41) is 11.8. The van der Waals surface area contributed by atoms with E-state index in [1.54, 1.807) is 0 Å². The highest BCUT2D eigenvalue weighted by Gasteiger charge is 2.18. The van der Waals surface area contributed by atoms with Crippen LogP contribution < -0.4 is 11.1 Å². The lowest BCUT2D eigenvalue weighted by molar-refractivity contribution is 0.411. The standard InChI is InChI=1S/C13H18N4/c14-10-2-5-11(6-3-10)16-12-4-1-9-8-15-17-13(9)7-12/h1,4,7-8,10-11,16H,2-3,5-6,14H2,(H,15,17). The normalized spacial score (nSPS) is 25.0. The van der Waals surface area contributed by atoms with Crippen molar-refractivity contribution in [1.82, 2.24) is 10.2 Å². The predicted octanol–water partition coefficient (Wildman–Crippen LogP) is 2.24. The van der Waals surface area contributed by atoms with Crippen LogP contribution in [-0.4, -0.2) is 22.3 Å². The minimum Gasteiger partial charge on any atom is -0.382 e. The Morgan fingerprint density at radius 2 is 2.06 bits per heavy atom. The number of aromatic nitrogens is 2. The molecule has 4 heteroatoms. The molecule has 3 rings (SSSR count). The zero-order valence-corrected chi connectivity index (χ0v) is 9.82. The molecule has 1 saturated carbocycles. The van der Waals surface area contributed by atoms with E-state index in [0.717, 1.165) is 23.7 Å². The summed E-state index contributed by atoms with van der Waals surface area (Å²) < 4.78 is 0. The molecule has 1 aliphatic carbocycles. The Morgan fingerprint density at radius 1 is 1.24 bits per heavy atom. The van der Waals surface area contributed by atoms with E-state index in [9.17, 15) is 0 Å². The van der Waals surface area contributed by atoms with Crippen LogP contribution in [0.1, 0.15) is 25.7 Å². The Kier molecular flexibility index (Phi) is 2.73. The predicted molar refractivity (Wildman–Crippen MR) is 69.9 cm³/mol. The fraction of sp³-hybridized carbons (Fsp3) is 0.462. The van der Waals surface area contributed by atoms with E-state index in [1.165, 1.54) is 18.5 Å². The van der Waals surface area contributed by atoms with Crippen molar-refractivity contribution in [3.8, 4) is 0 Å². The fourth-order valence-electron chi connectivity index (χ4n) is 2.53. The molecule has 1 fully saturated rings. The molecular formula is C13H18N4. The molecule has 90 valence electrons. The molecule has 0 amide bonds. The Morgan fingerprint density at radius 3 is 2.88 bits per heavy atom. The molecule has 0 unspecified atom stereocenters.